The maximum atomic E-state index is 12.4. The zero-order chi connectivity index (χ0) is 15.1. The second kappa shape index (κ2) is 8.16. The molecule has 1 aliphatic rings. The number of hydrogen-bond donors (Lipinski definition) is 1. The number of alkyl halides is 1. The second-order valence-corrected chi connectivity index (χ2v) is 7.84. The van der Waals surface area contributed by atoms with Crippen molar-refractivity contribution in [3.8, 4) is 0 Å². The molecule has 0 bridgehead atoms. The number of hydrogen-bond acceptors (Lipinski definition) is 2. The van der Waals surface area contributed by atoms with Gasteiger partial charge in [-0.05, 0) is 37.0 Å². The fourth-order valence-electron chi connectivity index (χ4n) is 2.81. The predicted octanol–water partition coefficient (Wildman–Crippen LogP) is 3.86. The third kappa shape index (κ3) is 5.28. The van der Waals surface area contributed by atoms with E-state index in [0.29, 0.717) is 10.8 Å². The van der Waals surface area contributed by atoms with Crippen LogP contribution in [0.5, 0.6) is 0 Å². The summed E-state index contributed by atoms with van der Waals surface area (Å²) in [5, 5.41) is 0. The summed E-state index contributed by atoms with van der Waals surface area (Å²) >= 11 is 5.69. The van der Waals surface area contributed by atoms with Gasteiger partial charge in [0, 0.05) is 11.9 Å². The normalized spacial score (nSPS) is 18.1. The van der Waals surface area contributed by atoms with Crippen molar-refractivity contribution in [1.82, 2.24) is 4.72 Å². The number of benzene rings is 1. The number of aryl methyl sites for hydroxylation is 1. The van der Waals surface area contributed by atoms with Crippen LogP contribution in [-0.4, -0.2) is 20.3 Å². The quantitative estimate of drug-likeness (QED) is 0.834. The van der Waals surface area contributed by atoms with E-state index < -0.39 is 10.0 Å². The molecule has 1 aromatic rings. The molecule has 0 radical (unpaired) electrons. The molecule has 1 aromatic carbocycles. The summed E-state index contributed by atoms with van der Waals surface area (Å²) in [4.78, 5) is 0.350. The van der Waals surface area contributed by atoms with E-state index in [4.69, 9.17) is 11.6 Å². The molecule has 1 aliphatic carbocycles. The number of sulfonamides is 1. The largest absolute Gasteiger partial charge is 0.240 e. The lowest BCUT2D eigenvalue weighted by molar-refractivity contribution is 0.426. The van der Waals surface area contributed by atoms with E-state index >= 15 is 0 Å². The Morgan fingerprint density at radius 1 is 1.00 bits per heavy atom. The number of rotatable bonds is 5. The summed E-state index contributed by atoms with van der Waals surface area (Å²) in [6.45, 7) is 0. The zero-order valence-electron chi connectivity index (χ0n) is 12.4. The van der Waals surface area contributed by atoms with Crippen molar-refractivity contribution in [3.63, 3.8) is 0 Å². The zero-order valence-corrected chi connectivity index (χ0v) is 13.9. The van der Waals surface area contributed by atoms with Gasteiger partial charge < -0.3 is 0 Å². The van der Waals surface area contributed by atoms with E-state index in [1.165, 1.54) is 19.3 Å². The van der Waals surface area contributed by atoms with Gasteiger partial charge in [0.05, 0.1) is 4.90 Å². The van der Waals surface area contributed by atoms with Gasteiger partial charge in [-0.15, -0.1) is 11.6 Å². The maximum Gasteiger partial charge on any atom is 0.240 e. The van der Waals surface area contributed by atoms with Gasteiger partial charge in [-0.2, -0.15) is 0 Å². The predicted molar refractivity (Wildman–Crippen MR) is 87.3 cm³/mol. The molecular formula is C16H24ClNO2S. The van der Waals surface area contributed by atoms with Crippen LogP contribution in [0.4, 0.5) is 0 Å². The molecule has 0 amide bonds. The van der Waals surface area contributed by atoms with Gasteiger partial charge in [0.2, 0.25) is 10.0 Å². The van der Waals surface area contributed by atoms with Gasteiger partial charge in [-0.3, -0.25) is 0 Å². The second-order valence-electron chi connectivity index (χ2n) is 5.75. The summed E-state index contributed by atoms with van der Waals surface area (Å²) < 4.78 is 27.7. The minimum atomic E-state index is -3.40. The van der Waals surface area contributed by atoms with Crippen LogP contribution in [0.15, 0.2) is 29.2 Å². The maximum absolute atomic E-state index is 12.4. The van der Waals surface area contributed by atoms with E-state index in [-0.39, 0.29) is 6.04 Å². The first-order valence-corrected chi connectivity index (χ1v) is 9.81. The van der Waals surface area contributed by atoms with Gasteiger partial charge in [0.15, 0.2) is 0 Å². The molecule has 5 heteroatoms. The van der Waals surface area contributed by atoms with E-state index in [0.717, 1.165) is 37.7 Å². The fraction of sp³-hybridized carbons (Fsp3) is 0.625. The molecular weight excluding hydrogens is 306 g/mol. The Kier molecular flexibility index (Phi) is 6.52. The summed E-state index contributed by atoms with van der Waals surface area (Å²) in [7, 11) is -3.40. The summed E-state index contributed by atoms with van der Waals surface area (Å²) in [6.07, 6.45) is 8.59. The Labute approximate surface area is 133 Å². The molecule has 2 rings (SSSR count). The molecule has 0 spiro atoms. The molecule has 0 saturated heterocycles. The molecule has 1 N–H and O–H groups in total. The average molecular weight is 330 g/mol. The van der Waals surface area contributed by atoms with Gasteiger partial charge >= 0.3 is 0 Å². The minimum absolute atomic E-state index is 0.0813. The first-order chi connectivity index (χ1) is 10.1. The molecule has 0 atom stereocenters. The van der Waals surface area contributed by atoms with Crippen LogP contribution in [0.3, 0.4) is 0 Å². The Bertz CT molecular complexity index is 520. The lowest BCUT2D eigenvalue weighted by Crippen LogP contribution is -2.35. The first-order valence-electron chi connectivity index (χ1n) is 7.79. The van der Waals surface area contributed by atoms with Crippen LogP contribution >= 0.6 is 11.6 Å². The van der Waals surface area contributed by atoms with Crippen molar-refractivity contribution >= 4 is 21.6 Å². The minimum Gasteiger partial charge on any atom is -0.208 e. The van der Waals surface area contributed by atoms with E-state index in [1.54, 1.807) is 12.1 Å². The van der Waals surface area contributed by atoms with Crippen molar-refractivity contribution < 1.29 is 8.42 Å². The smallest absolute Gasteiger partial charge is 0.208 e. The highest BCUT2D eigenvalue weighted by molar-refractivity contribution is 7.89. The third-order valence-corrected chi connectivity index (χ3v) is 5.77. The highest BCUT2D eigenvalue weighted by Crippen LogP contribution is 2.19. The van der Waals surface area contributed by atoms with Crippen LogP contribution in [-0.2, 0) is 16.4 Å². The standard InChI is InChI=1S/C16H24ClNO2S/c17-13-12-14-8-10-16(11-9-14)21(19,20)18-15-6-4-2-1-3-5-7-15/h8-11,15,18H,1-7,12-13H2. The summed E-state index contributed by atoms with van der Waals surface area (Å²) in [6, 6.07) is 7.11. The highest BCUT2D eigenvalue weighted by Gasteiger charge is 2.20. The van der Waals surface area contributed by atoms with Crippen molar-refractivity contribution in [2.24, 2.45) is 0 Å². The topological polar surface area (TPSA) is 46.2 Å². The molecule has 0 aliphatic heterocycles. The SMILES string of the molecule is O=S(=O)(NC1CCCCCCC1)c1ccc(CCCl)cc1. The number of halogens is 1. The van der Waals surface area contributed by atoms with Crippen LogP contribution in [0.1, 0.15) is 50.5 Å². The van der Waals surface area contributed by atoms with Crippen LogP contribution in [0.2, 0.25) is 0 Å². The monoisotopic (exact) mass is 329 g/mol. The Morgan fingerprint density at radius 2 is 1.57 bits per heavy atom. The lowest BCUT2D eigenvalue weighted by atomic mass is 9.97. The van der Waals surface area contributed by atoms with Crippen LogP contribution < -0.4 is 4.72 Å². The lowest BCUT2D eigenvalue weighted by Gasteiger charge is -2.21. The first kappa shape index (κ1) is 16.8. The molecule has 118 valence electrons. The summed E-state index contributed by atoms with van der Waals surface area (Å²) in [5.74, 6) is 0.548. The Hall–Kier alpha value is -0.580. The molecule has 21 heavy (non-hydrogen) atoms. The van der Waals surface area contributed by atoms with Crippen LogP contribution in [0, 0.1) is 0 Å². The van der Waals surface area contributed by atoms with Crippen molar-refractivity contribution in [2.75, 3.05) is 5.88 Å². The molecule has 0 unspecified atom stereocenters. The fourth-order valence-corrected chi connectivity index (χ4v) is 4.33. The van der Waals surface area contributed by atoms with Gasteiger partial charge in [0.1, 0.15) is 0 Å². The van der Waals surface area contributed by atoms with E-state index in [1.807, 2.05) is 12.1 Å². The van der Waals surface area contributed by atoms with E-state index in [9.17, 15) is 8.42 Å². The van der Waals surface area contributed by atoms with Crippen molar-refractivity contribution in [1.29, 1.82) is 0 Å². The molecule has 1 fully saturated rings. The Balaban J connectivity index is 2.02. The molecule has 0 aromatic heterocycles. The van der Waals surface area contributed by atoms with E-state index in [2.05, 4.69) is 4.72 Å². The average Bonchev–Trinajstić information content (AvgIpc) is 2.43. The van der Waals surface area contributed by atoms with Gasteiger partial charge in [-0.25, -0.2) is 13.1 Å². The van der Waals surface area contributed by atoms with Crippen LogP contribution in [0.25, 0.3) is 0 Å². The molecule has 1 saturated carbocycles. The highest BCUT2D eigenvalue weighted by atomic mass is 35.5. The number of nitrogens with one attached hydrogen (secondary N) is 1. The van der Waals surface area contributed by atoms with Gasteiger partial charge in [0.25, 0.3) is 0 Å². The molecule has 0 heterocycles. The Morgan fingerprint density at radius 3 is 2.14 bits per heavy atom. The molecule has 3 nitrogen and oxygen atoms in total. The third-order valence-electron chi connectivity index (χ3n) is 4.04. The van der Waals surface area contributed by atoms with Crippen molar-refractivity contribution in [2.45, 2.75) is 62.3 Å². The summed E-state index contributed by atoms with van der Waals surface area (Å²) in [5.41, 5.74) is 1.06. The van der Waals surface area contributed by atoms with Gasteiger partial charge in [-0.1, -0.05) is 44.2 Å². The van der Waals surface area contributed by atoms with Crippen molar-refractivity contribution in [3.05, 3.63) is 29.8 Å².